The van der Waals surface area contributed by atoms with Gasteiger partial charge >= 0.3 is 84.7 Å². The molecule has 0 aliphatic heterocycles. The van der Waals surface area contributed by atoms with E-state index in [9.17, 15) is 8.42 Å². The van der Waals surface area contributed by atoms with Gasteiger partial charge in [-0.2, -0.15) is 0 Å². The summed E-state index contributed by atoms with van der Waals surface area (Å²) in [7, 11) is -2.87. The van der Waals surface area contributed by atoms with Crippen molar-refractivity contribution < 1.29 is 8.42 Å². The summed E-state index contributed by atoms with van der Waals surface area (Å²) < 4.78 is 23.8. The zero-order valence-electron chi connectivity index (χ0n) is 7.90. The third kappa shape index (κ3) is 3.16. The molecule has 1 aromatic carbocycles. The Balaban J connectivity index is 2.96. The molecular formula is C9H14GeO2S. The van der Waals surface area contributed by atoms with Gasteiger partial charge in [0.05, 0.1) is 0 Å². The van der Waals surface area contributed by atoms with Crippen molar-refractivity contribution in [3.05, 3.63) is 30.3 Å². The van der Waals surface area contributed by atoms with E-state index in [4.69, 9.17) is 0 Å². The fraction of sp³-hybridized carbons (Fsp3) is 0.333. The number of benzene rings is 1. The normalized spacial score (nSPS) is 12.8. The van der Waals surface area contributed by atoms with Crippen LogP contribution in [0.4, 0.5) is 0 Å². The molecule has 72 valence electrons. The molecule has 4 heteroatoms. The Morgan fingerprint density at radius 1 is 1.15 bits per heavy atom. The van der Waals surface area contributed by atoms with Crippen LogP contribution in [0.5, 0.6) is 0 Å². The van der Waals surface area contributed by atoms with E-state index in [0.717, 1.165) is 0 Å². The number of hydrogen-bond acceptors (Lipinski definition) is 2. The maximum absolute atomic E-state index is 11.7. The third-order valence-electron chi connectivity index (χ3n) is 1.66. The van der Waals surface area contributed by atoms with Gasteiger partial charge in [-0.3, -0.25) is 0 Å². The van der Waals surface area contributed by atoms with Gasteiger partial charge in [-0.05, 0) is 0 Å². The van der Waals surface area contributed by atoms with Crippen LogP contribution >= 0.6 is 0 Å². The molecule has 0 fully saturated rings. The molecule has 0 saturated carbocycles. The fourth-order valence-corrected chi connectivity index (χ4v) is 10.8. The van der Waals surface area contributed by atoms with E-state index < -0.39 is 22.5 Å². The third-order valence-corrected chi connectivity index (χ3v) is 12.8. The molecule has 0 unspecified atom stereocenters. The molecule has 0 spiro atoms. The Bertz CT molecular complexity index is 356. The van der Waals surface area contributed by atoms with E-state index in [1.807, 2.05) is 19.9 Å². The van der Waals surface area contributed by atoms with Crippen LogP contribution in [-0.4, -0.2) is 22.7 Å². The average Bonchev–Trinajstić information content (AvgIpc) is 2.04. The van der Waals surface area contributed by atoms with Crippen LogP contribution < -0.4 is 0 Å². The molecule has 0 N–H and O–H groups in total. The summed E-state index contributed by atoms with van der Waals surface area (Å²) in [4.78, 5) is 0.503. The first-order valence-corrected chi connectivity index (χ1v) is 11.3. The van der Waals surface area contributed by atoms with Gasteiger partial charge in [0, 0.05) is 0 Å². The Labute approximate surface area is 84.8 Å². The molecule has 0 radical (unpaired) electrons. The summed E-state index contributed by atoms with van der Waals surface area (Å²) in [6.07, 6.45) is 0. The van der Waals surface area contributed by atoms with Gasteiger partial charge in [0.2, 0.25) is 0 Å². The molecule has 2 nitrogen and oxygen atoms in total. The molecule has 0 atom stereocenters. The molecule has 0 bridgehead atoms. The van der Waals surface area contributed by atoms with Crippen molar-refractivity contribution >= 4 is 22.5 Å². The predicted octanol–water partition coefficient (Wildman–Crippen LogP) is 1.37. The van der Waals surface area contributed by atoms with Crippen LogP contribution in [0.15, 0.2) is 35.2 Å². The number of rotatable bonds is 3. The van der Waals surface area contributed by atoms with E-state index >= 15 is 0 Å². The SMILES string of the molecule is C[CH](C)[GeH2][S](=O)(=O)c1ccccc1. The van der Waals surface area contributed by atoms with Gasteiger partial charge in [-0.1, -0.05) is 0 Å². The average molecular weight is 259 g/mol. The van der Waals surface area contributed by atoms with E-state index in [-0.39, 0.29) is 0 Å². The van der Waals surface area contributed by atoms with Crippen LogP contribution in [0, 0.1) is 0 Å². The summed E-state index contributed by atoms with van der Waals surface area (Å²) in [5, 5.41) is 0. The summed E-state index contributed by atoms with van der Waals surface area (Å²) in [6.45, 7) is 3.97. The Kier molecular flexibility index (Phi) is 3.56. The molecule has 0 aliphatic rings. The molecule has 1 rings (SSSR count). The van der Waals surface area contributed by atoms with Crippen LogP contribution in [-0.2, 0) is 8.16 Å². The zero-order chi connectivity index (χ0) is 9.90. The van der Waals surface area contributed by atoms with E-state index in [2.05, 4.69) is 0 Å². The molecule has 1 aromatic rings. The van der Waals surface area contributed by atoms with Crippen LogP contribution in [0.3, 0.4) is 0 Å². The first kappa shape index (κ1) is 10.8. The van der Waals surface area contributed by atoms with Crippen LogP contribution in [0.25, 0.3) is 0 Å². The second-order valence-electron chi connectivity index (χ2n) is 3.49. The van der Waals surface area contributed by atoms with Crippen molar-refractivity contribution in [2.24, 2.45) is 0 Å². The first-order valence-electron chi connectivity index (χ1n) is 4.30. The molecule has 0 heterocycles. The van der Waals surface area contributed by atoms with Crippen LogP contribution in [0.2, 0.25) is 4.75 Å². The van der Waals surface area contributed by atoms with Gasteiger partial charge in [0.25, 0.3) is 0 Å². The van der Waals surface area contributed by atoms with Crippen LogP contribution in [0.1, 0.15) is 13.8 Å². The van der Waals surface area contributed by atoms with Crippen molar-refractivity contribution in [3.8, 4) is 0 Å². The molecule has 0 aromatic heterocycles. The summed E-state index contributed by atoms with van der Waals surface area (Å²) in [5.74, 6) is 0. The molecule has 0 aliphatic carbocycles. The van der Waals surface area contributed by atoms with E-state index in [1.54, 1.807) is 24.3 Å². The second-order valence-corrected chi connectivity index (χ2v) is 15.8. The zero-order valence-corrected chi connectivity index (χ0v) is 11.7. The molecule has 13 heavy (non-hydrogen) atoms. The summed E-state index contributed by atoms with van der Waals surface area (Å²) >= 11 is -1.50. The first-order chi connectivity index (χ1) is 6.02. The van der Waals surface area contributed by atoms with Crippen molar-refractivity contribution in [3.63, 3.8) is 0 Å². The molecular weight excluding hydrogens is 245 g/mol. The van der Waals surface area contributed by atoms with Gasteiger partial charge in [-0.15, -0.1) is 0 Å². The van der Waals surface area contributed by atoms with Crippen molar-refractivity contribution in [1.82, 2.24) is 0 Å². The summed E-state index contributed by atoms with van der Waals surface area (Å²) in [6, 6.07) is 8.75. The molecule has 0 saturated heterocycles. The minimum absolute atomic E-state index is 0.359. The minimum atomic E-state index is -2.87. The topological polar surface area (TPSA) is 34.1 Å². The maximum atomic E-state index is 11.7. The Morgan fingerprint density at radius 2 is 1.69 bits per heavy atom. The van der Waals surface area contributed by atoms with E-state index in [1.165, 1.54) is 0 Å². The monoisotopic (exact) mass is 260 g/mol. The van der Waals surface area contributed by atoms with E-state index in [0.29, 0.717) is 9.65 Å². The van der Waals surface area contributed by atoms with Gasteiger partial charge < -0.3 is 0 Å². The standard InChI is InChI=1S/C9H14GeO2S/c1-8(2)10-13(11,12)9-6-4-3-5-7-9/h3-8H,10H2,1-2H3. The fourth-order valence-electron chi connectivity index (χ4n) is 1.16. The quantitative estimate of drug-likeness (QED) is 0.768. The van der Waals surface area contributed by atoms with Gasteiger partial charge in [0.1, 0.15) is 0 Å². The van der Waals surface area contributed by atoms with Gasteiger partial charge in [-0.25, -0.2) is 0 Å². The summed E-state index contributed by atoms with van der Waals surface area (Å²) in [5.41, 5.74) is 0. The molecule has 0 amide bonds. The number of hydrogen-bond donors (Lipinski definition) is 0. The second kappa shape index (κ2) is 4.28. The van der Waals surface area contributed by atoms with Gasteiger partial charge in [0.15, 0.2) is 0 Å². The predicted molar refractivity (Wildman–Crippen MR) is 57.3 cm³/mol. The van der Waals surface area contributed by atoms with Crippen molar-refractivity contribution in [1.29, 1.82) is 0 Å². The van der Waals surface area contributed by atoms with Crippen molar-refractivity contribution in [2.75, 3.05) is 0 Å². The Morgan fingerprint density at radius 3 is 2.15 bits per heavy atom. The van der Waals surface area contributed by atoms with Crippen molar-refractivity contribution in [2.45, 2.75) is 23.5 Å². The Hall–Kier alpha value is -0.287.